The highest BCUT2D eigenvalue weighted by Gasteiger charge is 2.25. The van der Waals surface area contributed by atoms with Crippen LogP contribution < -0.4 is 5.73 Å². The second-order valence-corrected chi connectivity index (χ2v) is 14.9. The van der Waals surface area contributed by atoms with Crippen LogP contribution in [0.15, 0.2) is 60.8 Å². The van der Waals surface area contributed by atoms with E-state index >= 15 is 0 Å². The highest BCUT2D eigenvalue weighted by Crippen LogP contribution is 2.43. The molecule has 0 aromatic heterocycles. The summed E-state index contributed by atoms with van der Waals surface area (Å²) in [6.07, 6.45) is 48.0. The van der Waals surface area contributed by atoms with Crippen LogP contribution in [0.25, 0.3) is 0 Å². The van der Waals surface area contributed by atoms with Crippen molar-refractivity contribution in [3.05, 3.63) is 60.8 Å². The minimum Gasteiger partial charge on any atom is -0.457 e. The zero-order valence-electron chi connectivity index (χ0n) is 33.3. The number of hydrogen-bond acceptors (Lipinski definition) is 7. The van der Waals surface area contributed by atoms with E-state index in [2.05, 4.69) is 74.6 Å². The molecule has 9 heteroatoms. The Labute approximate surface area is 319 Å². The van der Waals surface area contributed by atoms with Gasteiger partial charge in [-0.25, -0.2) is 4.57 Å². The van der Waals surface area contributed by atoms with Gasteiger partial charge >= 0.3 is 13.8 Å². The summed E-state index contributed by atoms with van der Waals surface area (Å²) in [5, 5.41) is 0. The number of unbranched alkanes of at least 4 members (excludes halogenated alkanes) is 16. The van der Waals surface area contributed by atoms with E-state index in [1.807, 2.05) is 0 Å². The fourth-order valence-electron chi connectivity index (χ4n) is 5.38. The Bertz CT molecular complexity index is 979. The SMILES string of the molecule is CC/C=C\C/C=C\C/C=C\C/C=C\CCCCCCCCCCC(=O)OC(COCCCCCCCC/C=C\CCCC)COP(=O)(O)OCCN. The van der Waals surface area contributed by atoms with Gasteiger partial charge in [-0.1, -0.05) is 152 Å². The summed E-state index contributed by atoms with van der Waals surface area (Å²) in [7, 11) is -4.28. The van der Waals surface area contributed by atoms with E-state index in [0.29, 0.717) is 13.0 Å². The Hall–Kier alpha value is -1.80. The standard InChI is InChI=1S/C43H78NO7P/c1-3-5-7-9-11-13-15-17-18-19-20-21-22-23-24-25-26-28-30-32-34-36-43(45)51-42(41-50-52(46,47)49-39-37-44)40-48-38-35-33-31-29-27-16-14-12-10-8-6-4-2/h5,7,10-13,17-18,20-21,42H,3-4,6,8-9,14-16,19,22-41,44H2,1-2H3,(H,46,47)/b7-5-,12-10-,13-11-,18-17-,21-20-. The zero-order valence-corrected chi connectivity index (χ0v) is 34.2. The molecule has 0 spiro atoms. The Morgan fingerprint density at radius 3 is 1.63 bits per heavy atom. The van der Waals surface area contributed by atoms with Crippen LogP contribution in [-0.2, 0) is 27.9 Å². The van der Waals surface area contributed by atoms with E-state index in [0.717, 1.165) is 64.2 Å². The maximum absolute atomic E-state index is 12.6. The van der Waals surface area contributed by atoms with E-state index in [-0.39, 0.29) is 32.3 Å². The second-order valence-electron chi connectivity index (χ2n) is 13.5. The maximum Gasteiger partial charge on any atom is 0.472 e. The van der Waals surface area contributed by atoms with E-state index in [9.17, 15) is 14.3 Å². The van der Waals surface area contributed by atoms with Gasteiger partial charge in [-0.15, -0.1) is 0 Å². The molecule has 0 aromatic carbocycles. The van der Waals surface area contributed by atoms with Crippen molar-refractivity contribution in [3.8, 4) is 0 Å². The lowest BCUT2D eigenvalue weighted by Gasteiger charge is -2.20. The molecule has 0 rings (SSSR count). The number of allylic oxidation sites excluding steroid dienone is 10. The molecule has 0 saturated carbocycles. The van der Waals surface area contributed by atoms with Crippen molar-refractivity contribution in [2.75, 3.05) is 33.0 Å². The predicted octanol–water partition coefficient (Wildman–Crippen LogP) is 12.2. The number of esters is 1. The van der Waals surface area contributed by atoms with Crippen molar-refractivity contribution < 1.29 is 32.8 Å². The molecule has 0 amide bonds. The lowest BCUT2D eigenvalue weighted by molar-refractivity contribution is -0.154. The normalized spacial score (nSPS) is 14.2. The molecule has 52 heavy (non-hydrogen) atoms. The van der Waals surface area contributed by atoms with Crippen LogP contribution in [0.4, 0.5) is 0 Å². The number of nitrogens with two attached hydrogens (primary N) is 1. The first-order valence-corrected chi connectivity index (χ1v) is 22.3. The van der Waals surface area contributed by atoms with Gasteiger partial charge in [-0.05, 0) is 70.6 Å². The van der Waals surface area contributed by atoms with E-state index in [1.165, 1.54) is 83.5 Å². The molecule has 0 fully saturated rings. The predicted molar refractivity (Wildman–Crippen MR) is 219 cm³/mol. The van der Waals surface area contributed by atoms with Gasteiger partial charge in [0, 0.05) is 19.6 Å². The highest BCUT2D eigenvalue weighted by molar-refractivity contribution is 7.47. The van der Waals surface area contributed by atoms with Crippen molar-refractivity contribution in [2.45, 2.75) is 174 Å². The molecule has 2 unspecified atom stereocenters. The summed E-state index contributed by atoms with van der Waals surface area (Å²) in [4.78, 5) is 22.4. The number of phosphoric acid groups is 1. The van der Waals surface area contributed by atoms with E-state index < -0.39 is 13.9 Å². The van der Waals surface area contributed by atoms with Crippen molar-refractivity contribution in [1.82, 2.24) is 0 Å². The van der Waals surface area contributed by atoms with Gasteiger partial charge in [0.1, 0.15) is 6.10 Å². The molecule has 0 radical (unpaired) electrons. The molecule has 0 bridgehead atoms. The molecule has 3 N–H and O–H groups in total. The third-order valence-corrected chi connectivity index (χ3v) is 9.40. The maximum atomic E-state index is 12.6. The average Bonchev–Trinajstić information content (AvgIpc) is 3.13. The molecule has 302 valence electrons. The van der Waals surface area contributed by atoms with E-state index in [4.69, 9.17) is 24.3 Å². The number of rotatable bonds is 39. The summed E-state index contributed by atoms with van der Waals surface area (Å²) in [5.74, 6) is -0.344. The molecule has 0 aliphatic rings. The number of hydrogen-bond donors (Lipinski definition) is 2. The molecule has 0 aliphatic heterocycles. The highest BCUT2D eigenvalue weighted by atomic mass is 31.2. The van der Waals surface area contributed by atoms with Crippen molar-refractivity contribution in [2.24, 2.45) is 5.73 Å². The van der Waals surface area contributed by atoms with Gasteiger partial charge in [0.2, 0.25) is 0 Å². The first kappa shape index (κ1) is 50.2. The number of carbonyl (C=O) groups is 1. The van der Waals surface area contributed by atoms with Crippen LogP contribution in [0.1, 0.15) is 168 Å². The average molecular weight is 752 g/mol. The Morgan fingerprint density at radius 1 is 0.596 bits per heavy atom. The quantitative estimate of drug-likeness (QED) is 0.0276. The van der Waals surface area contributed by atoms with Crippen LogP contribution in [0.3, 0.4) is 0 Å². The molecule has 0 aliphatic carbocycles. The largest absolute Gasteiger partial charge is 0.472 e. The van der Waals surface area contributed by atoms with Crippen molar-refractivity contribution >= 4 is 13.8 Å². The molecule has 0 heterocycles. The van der Waals surface area contributed by atoms with Gasteiger partial charge < -0.3 is 20.1 Å². The van der Waals surface area contributed by atoms with Crippen LogP contribution in [0.2, 0.25) is 0 Å². The summed E-state index contributed by atoms with van der Waals surface area (Å²) in [6.45, 7) is 4.74. The minimum absolute atomic E-state index is 0.0954. The third kappa shape index (κ3) is 39.4. The smallest absolute Gasteiger partial charge is 0.457 e. The van der Waals surface area contributed by atoms with Crippen LogP contribution in [0, 0.1) is 0 Å². The van der Waals surface area contributed by atoms with Crippen LogP contribution in [0.5, 0.6) is 0 Å². The molecule has 0 aromatic rings. The van der Waals surface area contributed by atoms with Crippen LogP contribution >= 0.6 is 7.82 Å². The Balaban J connectivity index is 4.05. The molecular formula is C43H78NO7P. The molecular weight excluding hydrogens is 673 g/mol. The van der Waals surface area contributed by atoms with Crippen molar-refractivity contribution in [3.63, 3.8) is 0 Å². The first-order chi connectivity index (χ1) is 25.4. The molecule has 0 saturated heterocycles. The number of ether oxygens (including phenoxy) is 2. The van der Waals surface area contributed by atoms with Gasteiger partial charge in [-0.2, -0.15) is 0 Å². The van der Waals surface area contributed by atoms with E-state index in [1.54, 1.807) is 0 Å². The minimum atomic E-state index is -4.28. The van der Waals surface area contributed by atoms with Gasteiger partial charge in [0.25, 0.3) is 0 Å². The summed E-state index contributed by atoms with van der Waals surface area (Å²) >= 11 is 0. The summed E-state index contributed by atoms with van der Waals surface area (Å²) in [6, 6.07) is 0. The Kier molecular flexibility index (Phi) is 39.0. The first-order valence-electron chi connectivity index (χ1n) is 20.8. The van der Waals surface area contributed by atoms with Crippen LogP contribution in [-0.4, -0.2) is 49.9 Å². The fourth-order valence-corrected chi connectivity index (χ4v) is 6.14. The lowest BCUT2D eigenvalue weighted by atomic mass is 10.1. The van der Waals surface area contributed by atoms with Gasteiger partial charge in [0.15, 0.2) is 0 Å². The summed E-state index contributed by atoms with van der Waals surface area (Å²) < 4.78 is 33.3. The fraction of sp³-hybridized carbons (Fsp3) is 0.744. The number of phosphoric ester groups is 1. The topological polar surface area (TPSA) is 117 Å². The van der Waals surface area contributed by atoms with Gasteiger partial charge in [0.05, 0.1) is 19.8 Å². The second kappa shape index (κ2) is 40.4. The monoisotopic (exact) mass is 752 g/mol. The zero-order chi connectivity index (χ0) is 38.1. The lowest BCUT2D eigenvalue weighted by Crippen LogP contribution is -2.28. The summed E-state index contributed by atoms with van der Waals surface area (Å²) in [5.41, 5.74) is 5.36. The number of carbonyl (C=O) groups excluding carboxylic acids is 1. The van der Waals surface area contributed by atoms with Crippen molar-refractivity contribution in [1.29, 1.82) is 0 Å². The molecule has 8 nitrogen and oxygen atoms in total. The Morgan fingerprint density at radius 2 is 1.08 bits per heavy atom. The third-order valence-electron chi connectivity index (χ3n) is 8.42. The van der Waals surface area contributed by atoms with Gasteiger partial charge in [-0.3, -0.25) is 13.8 Å². The molecule has 2 atom stereocenters.